The molecule has 0 atom stereocenters. The molecule has 1 aliphatic rings. The zero-order valence-corrected chi connectivity index (χ0v) is 13.1. The number of hydrogen-bond acceptors (Lipinski definition) is 4. The lowest BCUT2D eigenvalue weighted by molar-refractivity contribution is 0.00578. The molecule has 1 saturated heterocycles. The molecule has 1 aromatic heterocycles. The van der Waals surface area contributed by atoms with E-state index < -0.39 is 0 Å². The zero-order valence-electron chi connectivity index (χ0n) is 13.1. The average molecular weight is 275 g/mol. The second-order valence-corrected chi connectivity index (χ2v) is 6.06. The van der Waals surface area contributed by atoms with Gasteiger partial charge in [0.2, 0.25) is 0 Å². The third-order valence-corrected chi connectivity index (χ3v) is 4.06. The molecule has 2 heterocycles. The van der Waals surface area contributed by atoms with E-state index in [2.05, 4.69) is 4.98 Å². The number of ether oxygens (including phenoxy) is 1. The van der Waals surface area contributed by atoms with Crippen LogP contribution in [0.2, 0.25) is 0 Å². The number of methoxy groups -OCH3 is 1. The van der Waals surface area contributed by atoms with Gasteiger partial charge in [0.1, 0.15) is 5.75 Å². The normalized spacial score (nSPS) is 20.6. The van der Waals surface area contributed by atoms with E-state index in [1.54, 1.807) is 13.3 Å². The van der Waals surface area contributed by atoms with Gasteiger partial charge in [-0.05, 0) is 40.2 Å². The van der Waals surface area contributed by atoms with Crippen LogP contribution >= 0.6 is 0 Å². The van der Waals surface area contributed by atoms with Crippen LogP contribution in [0.3, 0.4) is 0 Å². The molecule has 0 unspecified atom stereocenters. The molecule has 1 fully saturated rings. The Morgan fingerprint density at radius 2 is 1.75 bits per heavy atom. The van der Waals surface area contributed by atoms with Crippen LogP contribution in [0.5, 0.6) is 5.75 Å². The maximum absolute atomic E-state index is 5.93. The van der Waals surface area contributed by atoms with Gasteiger partial charge in [-0.15, -0.1) is 0 Å². The molecule has 0 aliphatic carbocycles. The summed E-state index contributed by atoms with van der Waals surface area (Å²) < 4.78 is 17.2. The Balaban J connectivity index is 2.20. The third kappa shape index (κ3) is 2.74. The van der Waals surface area contributed by atoms with Crippen molar-refractivity contribution in [1.29, 1.82) is 0 Å². The van der Waals surface area contributed by atoms with Crippen molar-refractivity contribution in [3.8, 4) is 5.75 Å². The Kier molecular flexibility index (Phi) is 3.94. The highest BCUT2D eigenvalue weighted by molar-refractivity contribution is 6.52. The van der Waals surface area contributed by atoms with Crippen molar-refractivity contribution in [2.45, 2.75) is 45.8 Å². The minimum absolute atomic E-state index is 0.320. The van der Waals surface area contributed by atoms with Crippen LogP contribution in [-0.4, -0.2) is 30.4 Å². The summed E-state index contributed by atoms with van der Waals surface area (Å²) in [7, 11) is 1.29. The predicted molar refractivity (Wildman–Crippen MR) is 80.6 cm³/mol. The van der Waals surface area contributed by atoms with Gasteiger partial charge in [-0.3, -0.25) is 4.98 Å². The van der Waals surface area contributed by atoms with Crippen LogP contribution in [0.15, 0.2) is 18.4 Å². The van der Waals surface area contributed by atoms with Crippen molar-refractivity contribution >= 4 is 13.2 Å². The highest BCUT2D eigenvalue weighted by atomic mass is 16.7. The standard InChI is InChI=1S/C15H22BNO3/c1-11-9-17-10-13(18-6)12(11)7-8-16-19-14(2,3)15(4,5)20-16/h7-10H,1-6H3/b8-7+. The van der Waals surface area contributed by atoms with Crippen LogP contribution < -0.4 is 4.74 Å². The van der Waals surface area contributed by atoms with Crippen molar-refractivity contribution in [3.05, 3.63) is 29.5 Å². The van der Waals surface area contributed by atoms with Crippen LogP contribution in [0, 0.1) is 6.92 Å². The van der Waals surface area contributed by atoms with Crippen LogP contribution in [-0.2, 0) is 9.31 Å². The van der Waals surface area contributed by atoms with E-state index in [1.165, 1.54) is 0 Å². The van der Waals surface area contributed by atoms with Gasteiger partial charge in [-0.25, -0.2) is 0 Å². The van der Waals surface area contributed by atoms with Crippen LogP contribution in [0.4, 0.5) is 0 Å². The largest absolute Gasteiger partial charge is 0.495 e. The molecule has 4 nitrogen and oxygen atoms in total. The Hall–Kier alpha value is -1.33. The average Bonchev–Trinajstić information content (AvgIpc) is 2.56. The first-order chi connectivity index (χ1) is 9.27. The van der Waals surface area contributed by atoms with Gasteiger partial charge in [0.15, 0.2) is 0 Å². The summed E-state index contributed by atoms with van der Waals surface area (Å²) in [5.41, 5.74) is 1.41. The minimum atomic E-state index is -0.350. The Morgan fingerprint density at radius 3 is 2.30 bits per heavy atom. The number of nitrogens with zero attached hydrogens (tertiary/aromatic N) is 1. The molecule has 0 N–H and O–H groups in total. The first-order valence-electron chi connectivity index (χ1n) is 6.79. The van der Waals surface area contributed by atoms with E-state index in [9.17, 15) is 0 Å². The molecule has 2 rings (SSSR count). The van der Waals surface area contributed by atoms with E-state index in [-0.39, 0.29) is 18.3 Å². The third-order valence-electron chi connectivity index (χ3n) is 4.06. The number of aromatic nitrogens is 1. The zero-order chi connectivity index (χ0) is 15.0. The van der Waals surface area contributed by atoms with Gasteiger partial charge in [-0.1, -0.05) is 12.1 Å². The Bertz CT molecular complexity index is 510. The van der Waals surface area contributed by atoms with Crippen molar-refractivity contribution in [2.75, 3.05) is 7.11 Å². The van der Waals surface area contributed by atoms with Gasteiger partial charge >= 0.3 is 7.12 Å². The molecule has 1 aliphatic heterocycles. The fourth-order valence-electron chi connectivity index (χ4n) is 2.07. The van der Waals surface area contributed by atoms with Crippen molar-refractivity contribution in [1.82, 2.24) is 4.98 Å². The number of rotatable bonds is 3. The van der Waals surface area contributed by atoms with Gasteiger partial charge in [0, 0.05) is 11.8 Å². The summed E-state index contributed by atoms with van der Waals surface area (Å²) in [4.78, 5) is 4.12. The fraction of sp³-hybridized carbons (Fsp3) is 0.533. The second-order valence-electron chi connectivity index (χ2n) is 6.06. The number of aryl methyl sites for hydroxylation is 1. The van der Waals surface area contributed by atoms with Crippen molar-refractivity contribution in [3.63, 3.8) is 0 Å². The molecule has 0 radical (unpaired) electrons. The molecule has 108 valence electrons. The molecule has 0 aromatic carbocycles. The predicted octanol–water partition coefficient (Wildman–Crippen LogP) is 3.04. The first-order valence-corrected chi connectivity index (χ1v) is 6.79. The van der Waals surface area contributed by atoms with E-state index in [0.717, 1.165) is 16.9 Å². The molecule has 0 spiro atoms. The lowest BCUT2D eigenvalue weighted by atomic mass is 9.88. The quantitative estimate of drug-likeness (QED) is 0.795. The Morgan fingerprint density at radius 1 is 1.15 bits per heavy atom. The SMILES string of the molecule is COc1cncc(C)c1/C=C/B1OC(C)(C)C(C)(C)O1. The maximum atomic E-state index is 5.93. The molecular formula is C15H22BNO3. The molecular weight excluding hydrogens is 253 g/mol. The molecule has 0 saturated carbocycles. The van der Waals surface area contributed by atoms with E-state index in [4.69, 9.17) is 14.0 Å². The monoisotopic (exact) mass is 275 g/mol. The van der Waals surface area contributed by atoms with Crippen LogP contribution in [0.1, 0.15) is 38.8 Å². The Labute approximate surface area is 121 Å². The summed E-state index contributed by atoms with van der Waals surface area (Å²) >= 11 is 0. The maximum Gasteiger partial charge on any atom is 0.487 e. The van der Waals surface area contributed by atoms with E-state index in [0.29, 0.717) is 0 Å². The second kappa shape index (κ2) is 5.22. The molecule has 0 amide bonds. The first kappa shape index (κ1) is 15.1. The fourth-order valence-corrected chi connectivity index (χ4v) is 2.07. The minimum Gasteiger partial charge on any atom is -0.495 e. The summed E-state index contributed by atoms with van der Waals surface area (Å²) in [6.45, 7) is 10.2. The highest BCUT2D eigenvalue weighted by Crippen LogP contribution is 2.37. The molecule has 0 bridgehead atoms. The highest BCUT2D eigenvalue weighted by Gasteiger charge is 2.50. The summed E-state index contributed by atoms with van der Waals surface area (Å²) in [5, 5.41) is 0. The molecule has 1 aromatic rings. The van der Waals surface area contributed by atoms with Gasteiger partial charge in [0.25, 0.3) is 0 Å². The lowest BCUT2D eigenvalue weighted by Crippen LogP contribution is -2.41. The summed E-state index contributed by atoms with van der Waals surface area (Å²) in [6, 6.07) is 0. The van der Waals surface area contributed by atoms with Crippen LogP contribution in [0.25, 0.3) is 6.08 Å². The van der Waals surface area contributed by atoms with Gasteiger partial charge < -0.3 is 14.0 Å². The van der Waals surface area contributed by atoms with Crippen molar-refractivity contribution in [2.24, 2.45) is 0 Å². The molecule has 20 heavy (non-hydrogen) atoms. The van der Waals surface area contributed by atoms with Crippen molar-refractivity contribution < 1.29 is 14.0 Å². The lowest BCUT2D eigenvalue weighted by Gasteiger charge is -2.32. The van der Waals surface area contributed by atoms with E-state index in [1.807, 2.05) is 52.9 Å². The van der Waals surface area contributed by atoms with E-state index >= 15 is 0 Å². The molecule has 5 heteroatoms. The summed E-state index contributed by atoms with van der Waals surface area (Å²) in [5.74, 6) is 2.67. The topological polar surface area (TPSA) is 40.6 Å². The smallest absolute Gasteiger partial charge is 0.487 e. The van der Waals surface area contributed by atoms with Gasteiger partial charge in [0.05, 0.1) is 24.5 Å². The van der Waals surface area contributed by atoms with Gasteiger partial charge in [-0.2, -0.15) is 0 Å². The number of pyridine rings is 1. The number of hydrogen-bond donors (Lipinski definition) is 0. The summed E-state index contributed by atoms with van der Waals surface area (Å²) in [6.07, 6.45) is 5.49.